The van der Waals surface area contributed by atoms with Crippen LogP contribution in [0.3, 0.4) is 0 Å². The molecular formula is C43H31NS. The lowest BCUT2D eigenvalue weighted by atomic mass is 9.96. The molecule has 1 heterocycles. The van der Waals surface area contributed by atoms with E-state index in [0.717, 1.165) is 0 Å². The Morgan fingerprint density at radius 2 is 0.844 bits per heavy atom. The van der Waals surface area contributed by atoms with Crippen molar-refractivity contribution in [1.82, 2.24) is 0 Å². The highest BCUT2D eigenvalue weighted by atomic mass is 32.1. The fourth-order valence-electron chi connectivity index (χ4n) is 7.29. The van der Waals surface area contributed by atoms with Gasteiger partial charge in [0.2, 0.25) is 0 Å². The number of nitrogens with zero attached hydrogens (tertiary/aromatic N) is 1. The summed E-state index contributed by atoms with van der Waals surface area (Å²) in [5.74, 6) is 0.454. The van der Waals surface area contributed by atoms with Gasteiger partial charge in [0, 0.05) is 26.2 Å². The van der Waals surface area contributed by atoms with Crippen LogP contribution in [0.15, 0.2) is 146 Å². The largest absolute Gasteiger partial charge is 0.308 e. The van der Waals surface area contributed by atoms with E-state index in [4.69, 9.17) is 0 Å². The molecule has 0 aliphatic heterocycles. The molecule has 0 radical (unpaired) electrons. The van der Waals surface area contributed by atoms with Gasteiger partial charge < -0.3 is 4.90 Å². The van der Waals surface area contributed by atoms with Gasteiger partial charge in [0.1, 0.15) is 0 Å². The summed E-state index contributed by atoms with van der Waals surface area (Å²) in [6.45, 7) is 4.60. The van der Waals surface area contributed by atoms with E-state index in [1.54, 1.807) is 0 Å². The van der Waals surface area contributed by atoms with Crippen molar-refractivity contribution < 1.29 is 0 Å². The Balaban J connectivity index is 1.47. The van der Waals surface area contributed by atoms with Crippen molar-refractivity contribution in [2.24, 2.45) is 0 Å². The summed E-state index contributed by atoms with van der Waals surface area (Å²) in [6, 6.07) is 53.8. The average molecular weight is 594 g/mol. The minimum Gasteiger partial charge on any atom is -0.308 e. The minimum atomic E-state index is 0.454. The monoisotopic (exact) mass is 593 g/mol. The molecule has 1 aromatic heterocycles. The number of anilines is 3. The van der Waals surface area contributed by atoms with Crippen LogP contribution in [-0.2, 0) is 0 Å². The Hall–Kier alpha value is -5.18. The van der Waals surface area contributed by atoms with Crippen molar-refractivity contribution in [3.8, 4) is 0 Å². The van der Waals surface area contributed by atoms with Crippen LogP contribution < -0.4 is 4.90 Å². The van der Waals surface area contributed by atoms with Crippen LogP contribution in [0.25, 0.3) is 63.3 Å². The molecule has 0 bridgehead atoms. The maximum absolute atomic E-state index is 2.55. The van der Waals surface area contributed by atoms with Crippen molar-refractivity contribution in [2.45, 2.75) is 19.8 Å². The molecule has 0 fully saturated rings. The van der Waals surface area contributed by atoms with Crippen LogP contribution in [0.2, 0.25) is 0 Å². The Morgan fingerprint density at radius 3 is 1.40 bits per heavy atom. The third-order valence-corrected chi connectivity index (χ3v) is 10.7. The molecule has 0 spiro atoms. The molecule has 9 aromatic rings. The third kappa shape index (κ3) is 3.99. The Bertz CT molecular complexity index is 2470. The zero-order chi connectivity index (χ0) is 30.1. The van der Waals surface area contributed by atoms with Gasteiger partial charge >= 0.3 is 0 Å². The Kier molecular flexibility index (Phi) is 5.94. The topological polar surface area (TPSA) is 3.24 Å². The molecule has 0 atom stereocenters. The van der Waals surface area contributed by atoms with Crippen LogP contribution in [0, 0.1) is 0 Å². The van der Waals surface area contributed by atoms with Gasteiger partial charge in [-0.1, -0.05) is 141 Å². The van der Waals surface area contributed by atoms with Gasteiger partial charge in [-0.25, -0.2) is 0 Å². The van der Waals surface area contributed by atoms with Crippen LogP contribution in [-0.4, -0.2) is 0 Å². The van der Waals surface area contributed by atoms with Crippen LogP contribution >= 0.6 is 11.3 Å². The Morgan fingerprint density at radius 1 is 0.400 bits per heavy atom. The second kappa shape index (κ2) is 10.2. The van der Waals surface area contributed by atoms with Crippen molar-refractivity contribution in [3.63, 3.8) is 0 Å². The van der Waals surface area contributed by atoms with E-state index >= 15 is 0 Å². The van der Waals surface area contributed by atoms with Crippen molar-refractivity contribution >= 4 is 91.7 Å². The third-order valence-electron chi connectivity index (χ3n) is 9.37. The predicted octanol–water partition coefficient (Wildman–Crippen LogP) is 13.3. The molecule has 8 aromatic carbocycles. The van der Waals surface area contributed by atoms with Crippen molar-refractivity contribution in [3.05, 3.63) is 151 Å². The first kappa shape index (κ1) is 26.2. The lowest BCUT2D eigenvalue weighted by molar-refractivity contribution is 0.878. The summed E-state index contributed by atoms with van der Waals surface area (Å²) < 4.78 is 2.71. The van der Waals surface area contributed by atoms with Gasteiger partial charge in [0.05, 0.1) is 21.8 Å². The molecule has 214 valence electrons. The number of benzene rings is 8. The van der Waals surface area contributed by atoms with E-state index in [2.05, 4.69) is 164 Å². The molecule has 0 aliphatic rings. The SMILES string of the molecule is CC(C)c1cccc2c1sc1c(N(c3cc4ccccc4c4ccccc34)c3cc4ccccc4c4ccccc34)cccc12. The highest BCUT2D eigenvalue weighted by Gasteiger charge is 2.23. The first-order chi connectivity index (χ1) is 22.2. The molecule has 9 rings (SSSR count). The van der Waals surface area contributed by atoms with Crippen molar-refractivity contribution in [2.75, 3.05) is 4.90 Å². The number of rotatable bonds is 4. The van der Waals surface area contributed by atoms with Crippen LogP contribution in [0.4, 0.5) is 17.1 Å². The van der Waals surface area contributed by atoms with Gasteiger partial charge in [0.25, 0.3) is 0 Å². The summed E-state index contributed by atoms with van der Waals surface area (Å²) in [6.07, 6.45) is 0. The number of thiophene rings is 1. The zero-order valence-corrected chi connectivity index (χ0v) is 26.1. The highest BCUT2D eigenvalue weighted by molar-refractivity contribution is 7.26. The maximum atomic E-state index is 2.55. The lowest BCUT2D eigenvalue weighted by Gasteiger charge is -2.29. The molecule has 0 saturated carbocycles. The highest BCUT2D eigenvalue weighted by Crippen LogP contribution is 2.50. The van der Waals surface area contributed by atoms with Gasteiger partial charge in [-0.2, -0.15) is 0 Å². The van der Waals surface area contributed by atoms with Gasteiger partial charge in [-0.3, -0.25) is 0 Å². The molecule has 0 amide bonds. The molecular weight excluding hydrogens is 563 g/mol. The standard InChI is InChI=1S/C43H31NS/c1-27(2)30-21-11-22-37-38-23-12-24-39(43(38)45-42(30)37)44(40-25-28-13-3-5-15-31(28)33-17-7-9-19-35(33)40)41-26-29-14-4-6-16-32(29)34-18-8-10-20-36(34)41/h3-27H,1-2H3. The maximum Gasteiger partial charge on any atom is 0.0640 e. The second-order valence-electron chi connectivity index (χ2n) is 12.3. The fraction of sp³-hybridized carbons (Fsp3) is 0.0698. The van der Waals surface area contributed by atoms with Crippen LogP contribution in [0.5, 0.6) is 0 Å². The summed E-state index contributed by atoms with van der Waals surface area (Å²) in [5.41, 5.74) is 5.01. The van der Waals surface area contributed by atoms with E-state index in [-0.39, 0.29) is 0 Å². The summed E-state index contributed by atoms with van der Waals surface area (Å²) >= 11 is 1.94. The first-order valence-corrected chi connectivity index (χ1v) is 16.5. The smallest absolute Gasteiger partial charge is 0.0640 e. The quantitative estimate of drug-likeness (QED) is 0.183. The molecule has 0 saturated heterocycles. The summed E-state index contributed by atoms with van der Waals surface area (Å²) in [5, 5.41) is 12.7. The number of fused-ring (bicyclic) bond motifs is 9. The van der Waals surface area contributed by atoms with E-state index in [1.165, 1.54) is 85.9 Å². The van der Waals surface area contributed by atoms with Gasteiger partial charge in [0.15, 0.2) is 0 Å². The fourth-order valence-corrected chi connectivity index (χ4v) is 8.75. The van der Waals surface area contributed by atoms with Crippen LogP contribution in [0.1, 0.15) is 25.3 Å². The molecule has 0 aliphatic carbocycles. The summed E-state index contributed by atoms with van der Waals surface area (Å²) in [7, 11) is 0. The normalized spacial score (nSPS) is 12.0. The molecule has 0 unspecified atom stereocenters. The number of hydrogen-bond acceptors (Lipinski definition) is 2. The minimum absolute atomic E-state index is 0.454. The molecule has 1 nitrogen and oxygen atoms in total. The number of hydrogen-bond donors (Lipinski definition) is 0. The zero-order valence-electron chi connectivity index (χ0n) is 25.3. The summed E-state index contributed by atoms with van der Waals surface area (Å²) in [4.78, 5) is 2.55. The van der Waals surface area contributed by atoms with Gasteiger partial charge in [-0.05, 0) is 62.0 Å². The van der Waals surface area contributed by atoms with E-state index in [0.29, 0.717) is 5.92 Å². The van der Waals surface area contributed by atoms with Gasteiger partial charge in [-0.15, -0.1) is 11.3 Å². The average Bonchev–Trinajstić information content (AvgIpc) is 3.48. The van der Waals surface area contributed by atoms with E-state index < -0.39 is 0 Å². The molecule has 45 heavy (non-hydrogen) atoms. The molecule has 2 heteroatoms. The predicted molar refractivity (Wildman–Crippen MR) is 198 cm³/mol. The first-order valence-electron chi connectivity index (χ1n) is 15.7. The van der Waals surface area contributed by atoms with Crippen molar-refractivity contribution in [1.29, 1.82) is 0 Å². The molecule has 0 N–H and O–H groups in total. The Labute approximate surface area is 266 Å². The second-order valence-corrected chi connectivity index (χ2v) is 13.3. The lowest BCUT2D eigenvalue weighted by Crippen LogP contribution is -2.11. The van der Waals surface area contributed by atoms with E-state index in [1.807, 2.05) is 11.3 Å². The van der Waals surface area contributed by atoms with E-state index in [9.17, 15) is 0 Å².